The van der Waals surface area contributed by atoms with Crippen molar-refractivity contribution < 1.29 is 14.3 Å². The summed E-state index contributed by atoms with van der Waals surface area (Å²) in [5, 5.41) is 0. The Kier molecular flexibility index (Phi) is 8.43. The van der Waals surface area contributed by atoms with Gasteiger partial charge in [-0.15, -0.1) is 12.6 Å². The molecule has 90 valence electrons. The van der Waals surface area contributed by atoms with Gasteiger partial charge in [-0.05, 0) is 30.7 Å². The van der Waals surface area contributed by atoms with E-state index in [1.54, 1.807) is 7.11 Å². The summed E-state index contributed by atoms with van der Waals surface area (Å²) in [5.74, 6) is 0.746. The Balaban J connectivity index is 0.000000293. The molecule has 0 saturated carbocycles. The summed E-state index contributed by atoms with van der Waals surface area (Å²) in [7, 11) is 3.05. The van der Waals surface area contributed by atoms with Gasteiger partial charge >= 0.3 is 5.97 Å². The van der Waals surface area contributed by atoms with Crippen LogP contribution < -0.4 is 4.74 Å². The molecule has 0 aliphatic heterocycles. The van der Waals surface area contributed by atoms with E-state index in [9.17, 15) is 4.79 Å². The number of hydrogen-bond donors (Lipinski definition) is 1. The number of ether oxygens (including phenoxy) is 2. The number of rotatable bonds is 3. The second-order valence-electron chi connectivity index (χ2n) is 3.02. The van der Waals surface area contributed by atoms with Crippen molar-refractivity contribution >= 4 is 18.6 Å². The second-order valence-corrected chi connectivity index (χ2v) is 3.54. The van der Waals surface area contributed by atoms with E-state index in [0.717, 1.165) is 17.1 Å². The molecule has 0 aliphatic rings. The highest BCUT2D eigenvalue weighted by Gasteiger charge is 1.92. The lowest BCUT2D eigenvalue weighted by Gasteiger charge is -1.96. The van der Waals surface area contributed by atoms with Crippen molar-refractivity contribution in [2.45, 2.75) is 24.7 Å². The largest absolute Gasteiger partial charge is 0.497 e. The van der Waals surface area contributed by atoms with Crippen LogP contribution in [0.5, 0.6) is 5.75 Å². The summed E-state index contributed by atoms with van der Waals surface area (Å²) in [4.78, 5) is 11.1. The number of carbonyl (C=O) groups is 1. The summed E-state index contributed by atoms with van der Waals surface area (Å²) in [6.45, 7) is 1.94. The van der Waals surface area contributed by atoms with Crippen molar-refractivity contribution in [3.8, 4) is 5.75 Å². The highest BCUT2D eigenvalue weighted by Crippen LogP contribution is 2.12. The van der Waals surface area contributed by atoms with Gasteiger partial charge in [0.05, 0.1) is 14.2 Å². The topological polar surface area (TPSA) is 35.5 Å². The molecule has 0 aliphatic carbocycles. The minimum absolute atomic E-state index is 0.123. The molecule has 0 unspecified atom stereocenters. The van der Waals surface area contributed by atoms with Gasteiger partial charge in [0, 0.05) is 11.3 Å². The molecule has 0 bridgehead atoms. The molecule has 0 N–H and O–H groups in total. The highest BCUT2D eigenvalue weighted by molar-refractivity contribution is 7.80. The van der Waals surface area contributed by atoms with Crippen LogP contribution in [0.2, 0.25) is 0 Å². The molecule has 0 amide bonds. The number of hydrogen-bond acceptors (Lipinski definition) is 4. The van der Waals surface area contributed by atoms with Crippen molar-refractivity contribution in [3.63, 3.8) is 0 Å². The van der Waals surface area contributed by atoms with Gasteiger partial charge in [0.1, 0.15) is 5.75 Å². The van der Waals surface area contributed by atoms with Gasteiger partial charge in [0.25, 0.3) is 0 Å². The molecule has 0 saturated heterocycles. The lowest BCUT2D eigenvalue weighted by atomic mass is 10.3. The monoisotopic (exact) mass is 242 g/mol. The van der Waals surface area contributed by atoms with Crippen LogP contribution >= 0.6 is 12.6 Å². The van der Waals surface area contributed by atoms with E-state index in [-0.39, 0.29) is 5.97 Å². The van der Waals surface area contributed by atoms with E-state index in [2.05, 4.69) is 17.4 Å². The Morgan fingerprint density at radius 1 is 1.25 bits per heavy atom. The molecule has 1 aromatic carbocycles. The van der Waals surface area contributed by atoms with Gasteiger partial charge < -0.3 is 9.47 Å². The molecule has 0 radical (unpaired) electrons. The number of esters is 1. The predicted octanol–water partition coefficient (Wildman–Crippen LogP) is 2.94. The van der Waals surface area contributed by atoms with Crippen LogP contribution in [0, 0.1) is 0 Å². The lowest BCUT2D eigenvalue weighted by molar-refractivity contribution is -0.140. The van der Waals surface area contributed by atoms with Gasteiger partial charge in [-0.2, -0.15) is 0 Å². The average molecular weight is 242 g/mol. The maximum absolute atomic E-state index is 10.2. The molecule has 3 nitrogen and oxygen atoms in total. The highest BCUT2D eigenvalue weighted by atomic mass is 32.1. The molecule has 0 fully saturated rings. The minimum Gasteiger partial charge on any atom is -0.497 e. The van der Waals surface area contributed by atoms with E-state index < -0.39 is 0 Å². The Bertz CT molecular complexity index is 296. The quantitative estimate of drug-likeness (QED) is 0.654. The van der Waals surface area contributed by atoms with Crippen LogP contribution in [0.4, 0.5) is 0 Å². The van der Waals surface area contributed by atoms with Crippen LogP contribution in [0.3, 0.4) is 0 Å². The van der Waals surface area contributed by atoms with Crippen LogP contribution in [0.1, 0.15) is 19.8 Å². The van der Waals surface area contributed by atoms with Gasteiger partial charge in [0.2, 0.25) is 0 Å². The first-order valence-corrected chi connectivity index (χ1v) is 5.48. The van der Waals surface area contributed by atoms with Crippen molar-refractivity contribution in [3.05, 3.63) is 24.3 Å². The summed E-state index contributed by atoms with van der Waals surface area (Å²) >= 11 is 4.11. The van der Waals surface area contributed by atoms with Crippen LogP contribution in [-0.2, 0) is 9.53 Å². The fourth-order valence-electron chi connectivity index (χ4n) is 0.888. The smallest absolute Gasteiger partial charge is 0.305 e. The Hall–Kier alpha value is -1.16. The van der Waals surface area contributed by atoms with E-state index in [1.165, 1.54) is 7.11 Å². The summed E-state index contributed by atoms with van der Waals surface area (Å²) in [6.07, 6.45) is 1.41. The van der Waals surface area contributed by atoms with Crippen molar-refractivity contribution in [2.75, 3.05) is 14.2 Å². The maximum atomic E-state index is 10.2. The number of methoxy groups -OCH3 is 2. The molecule has 16 heavy (non-hydrogen) atoms. The third-order valence-electron chi connectivity index (χ3n) is 1.75. The first-order valence-electron chi connectivity index (χ1n) is 5.03. The number of carbonyl (C=O) groups excluding carboxylic acids is 1. The first kappa shape index (κ1) is 14.8. The molecule has 4 heteroatoms. The molecular weight excluding hydrogens is 224 g/mol. The molecule has 0 atom stereocenters. The van der Waals surface area contributed by atoms with Crippen LogP contribution in [0.25, 0.3) is 0 Å². The summed E-state index contributed by atoms with van der Waals surface area (Å²) in [5.41, 5.74) is 0. The van der Waals surface area contributed by atoms with Gasteiger partial charge in [0.15, 0.2) is 0 Å². The predicted molar refractivity (Wildman–Crippen MR) is 67.2 cm³/mol. The second kappa shape index (κ2) is 9.09. The fourth-order valence-corrected chi connectivity index (χ4v) is 1.04. The standard InChI is InChI=1S/C7H8OS.C5H10O2/c1-8-6-2-4-7(9)5-3-6;1-3-4-5(6)7-2/h2-5,9H,1H3;3-4H2,1-2H3. The summed E-state index contributed by atoms with van der Waals surface area (Å²) < 4.78 is 9.29. The SMILES string of the molecule is CCCC(=O)OC.COc1ccc(S)cc1. The van der Waals surface area contributed by atoms with Crippen molar-refractivity contribution in [1.29, 1.82) is 0 Å². The van der Waals surface area contributed by atoms with E-state index >= 15 is 0 Å². The zero-order valence-corrected chi connectivity index (χ0v) is 10.8. The van der Waals surface area contributed by atoms with Crippen molar-refractivity contribution in [1.82, 2.24) is 0 Å². The zero-order chi connectivity index (χ0) is 12.4. The Labute approximate surface area is 102 Å². The van der Waals surface area contributed by atoms with E-state index in [0.29, 0.717) is 6.42 Å². The molecule has 0 heterocycles. The normalized spacial score (nSPS) is 8.75. The van der Waals surface area contributed by atoms with Crippen molar-refractivity contribution in [2.24, 2.45) is 0 Å². The Morgan fingerprint density at radius 2 is 1.81 bits per heavy atom. The van der Waals surface area contributed by atoms with Crippen LogP contribution in [0.15, 0.2) is 29.2 Å². The number of thiol groups is 1. The van der Waals surface area contributed by atoms with Gasteiger partial charge in [-0.3, -0.25) is 4.79 Å². The molecule has 0 aromatic heterocycles. The molecule has 0 spiro atoms. The van der Waals surface area contributed by atoms with E-state index in [4.69, 9.17) is 4.74 Å². The van der Waals surface area contributed by atoms with Gasteiger partial charge in [-0.1, -0.05) is 6.92 Å². The van der Waals surface area contributed by atoms with Crippen LogP contribution in [-0.4, -0.2) is 20.2 Å². The lowest BCUT2D eigenvalue weighted by Crippen LogP contribution is -1.97. The molecular formula is C12H18O3S. The third kappa shape index (κ3) is 7.17. The fraction of sp³-hybridized carbons (Fsp3) is 0.417. The van der Waals surface area contributed by atoms with E-state index in [1.807, 2.05) is 31.2 Å². The first-order chi connectivity index (χ1) is 7.63. The minimum atomic E-state index is -0.123. The average Bonchev–Trinajstić information content (AvgIpc) is 2.31. The molecule has 1 rings (SSSR count). The Morgan fingerprint density at radius 3 is 2.12 bits per heavy atom. The third-order valence-corrected chi connectivity index (χ3v) is 2.05. The number of benzene rings is 1. The summed E-state index contributed by atoms with van der Waals surface area (Å²) in [6, 6.07) is 7.54. The molecule has 1 aromatic rings. The maximum Gasteiger partial charge on any atom is 0.305 e. The zero-order valence-electron chi connectivity index (χ0n) is 9.90. The van der Waals surface area contributed by atoms with Gasteiger partial charge in [-0.25, -0.2) is 0 Å².